The Hall–Kier alpha value is -2.41. The number of halogens is 2. The predicted molar refractivity (Wildman–Crippen MR) is 90.7 cm³/mol. The van der Waals surface area contributed by atoms with Crippen LogP contribution in [0.2, 0.25) is 0 Å². The molecule has 0 heterocycles. The number of carbonyl (C=O) groups is 2. The maximum Gasteiger partial charge on any atom is 0.338 e. The Kier molecular flexibility index (Phi) is 5.92. The van der Waals surface area contributed by atoms with E-state index in [1.54, 1.807) is 12.1 Å². The van der Waals surface area contributed by atoms with Crippen molar-refractivity contribution in [1.29, 1.82) is 0 Å². The summed E-state index contributed by atoms with van der Waals surface area (Å²) in [5.74, 6) is -1.93. The van der Waals surface area contributed by atoms with Crippen molar-refractivity contribution in [2.45, 2.75) is 6.92 Å². The highest BCUT2D eigenvalue weighted by Gasteiger charge is 2.13. The summed E-state index contributed by atoms with van der Waals surface area (Å²) in [6.45, 7) is 1.37. The monoisotopic (exact) mass is 395 g/mol. The van der Waals surface area contributed by atoms with Gasteiger partial charge in [-0.05, 0) is 48.9 Å². The van der Waals surface area contributed by atoms with Crippen LogP contribution in [0.25, 0.3) is 0 Å². The van der Waals surface area contributed by atoms with E-state index < -0.39 is 24.3 Å². The highest BCUT2D eigenvalue weighted by atomic mass is 79.9. The Bertz CT molecular complexity index is 779. The van der Waals surface area contributed by atoms with Crippen molar-refractivity contribution in [3.8, 4) is 5.75 Å². The van der Waals surface area contributed by atoms with Crippen LogP contribution in [0, 0.1) is 12.7 Å². The van der Waals surface area contributed by atoms with E-state index in [1.807, 2.05) is 13.0 Å². The van der Waals surface area contributed by atoms with Gasteiger partial charge < -0.3 is 14.8 Å². The molecule has 2 aromatic carbocycles. The van der Waals surface area contributed by atoms with Crippen LogP contribution >= 0.6 is 15.9 Å². The summed E-state index contributed by atoms with van der Waals surface area (Å²) < 4.78 is 24.1. The van der Waals surface area contributed by atoms with E-state index in [2.05, 4.69) is 21.2 Å². The largest absolute Gasteiger partial charge is 0.494 e. The molecular weight excluding hydrogens is 381 g/mol. The number of hydrogen-bond donors (Lipinski definition) is 1. The average molecular weight is 396 g/mol. The molecule has 0 unspecified atom stereocenters. The standard InChI is InChI=1S/C17H15BrFNO4/c1-10-7-12(18)4-5-14(10)20-16(21)9-24-17(22)11-3-6-15(23-2)13(19)8-11/h3-8H,9H2,1-2H3,(H,20,21). The van der Waals surface area contributed by atoms with Crippen molar-refractivity contribution >= 4 is 33.5 Å². The number of benzene rings is 2. The van der Waals surface area contributed by atoms with Gasteiger partial charge >= 0.3 is 5.97 Å². The molecule has 0 aliphatic heterocycles. The first-order valence-electron chi connectivity index (χ1n) is 6.97. The second-order valence-corrected chi connectivity index (χ2v) is 5.85. The number of carbonyl (C=O) groups excluding carboxylic acids is 2. The zero-order valence-corrected chi connectivity index (χ0v) is 14.6. The van der Waals surface area contributed by atoms with Gasteiger partial charge in [-0.3, -0.25) is 4.79 Å². The number of rotatable bonds is 5. The van der Waals surface area contributed by atoms with Crippen molar-refractivity contribution in [3.05, 3.63) is 57.8 Å². The number of nitrogens with one attached hydrogen (secondary N) is 1. The molecule has 0 radical (unpaired) electrons. The predicted octanol–water partition coefficient (Wildman–Crippen LogP) is 3.70. The fraction of sp³-hybridized carbons (Fsp3) is 0.176. The molecule has 0 atom stereocenters. The Morgan fingerprint density at radius 1 is 1.21 bits per heavy atom. The van der Waals surface area contributed by atoms with Crippen molar-refractivity contribution in [1.82, 2.24) is 0 Å². The molecule has 0 spiro atoms. The van der Waals surface area contributed by atoms with E-state index in [-0.39, 0.29) is 11.3 Å². The molecule has 0 saturated carbocycles. The lowest BCUT2D eigenvalue weighted by atomic mass is 10.2. The SMILES string of the molecule is COc1ccc(C(=O)OCC(=O)Nc2ccc(Br)cc2C)cc1F. The molecule has 0 saturated heterocycles. The van der Waals surface area contributed by atoms with Crippen molar-refractivity contribution < 1.29 is 23.5 Å². The highest BCUT2D eigenvalue weighted by molar-refractivity contribution is 9.10. The van der Waals surface area contributed by atoms with Gasteiger partial charge in [-0.1, -0.05) is 15.9 Å². The molecule has 1 N–H and O–H groups in total. The van der Waals surface area contributed by atoms with Crippen LogP contribution < -0.4 is 10.1 Å². The van der Waals surface area contributed by atoms with Gasteiger partial charge in [-0.25, -0.2) is 9.18 Å². The molecule has 2 rings (SSSR count). The highest BCUT2D eigenvalue weighted by Crippen LogP contribution is 2.20. The van der Waals surface area contributed by atoms with Crippen LogP contribution in [0.15, 0.2) is 40.9 Å². The number of ether oxygens (including phenoxy) is 2. The third-order valence-corrected chi connectivity index (χ3v) is 3.68. The summed E-state index contributed by atoms with van der Waals surface area (Å²) in [5.41, 5.74) is 1.48. The van der Waals surface area contributed by atoms with Crippen LogP contribution in [-0.4, -0.2) is 25.6 Å². The Morgan fingerprint density at radius 2 is 1.96 bits per heavy atom. The van der Waals surface area contributed by atoms with Gasteiger partial charge in [0.25, 0.3) is 5.91 Å². The minimum absolute atomic E-state index is 0.000854. The fourth-order valence-electron chi connectivity index (χ4n) is 1.96. The summed E-state index contributed by atoms with van der Waals surface area (Å²) in [7, 11) is 1.32. The first kappa shape index (κ1) is 17.9. The summed E-state index contributed by atoms with van der Waals surface area (Å²) in [4.78, 5) is 23.7. The van der Waals surface area contributed by atoms with Gasteiger partial charge in [0.15, 0.2) is 18.2 Å². The number of methoxy groups -OCH3 is 1. The van der Waals surface area contributed by atoms with Gasteiger partial charge in [0.05, 0.1) is 12.7 Å². The molecule has 0 aromatic heterocycles. The van der Waals surface area contributed by atoms with E-state index in [0.29, 0.717) is 5.69 Å². The van der Waals surface area contributed by atoms with E-state index in [1.165, 1.54) is 19.2 Å². The van der Waals surface area contributed by atoms with Gasteiger partial charge in [0.2, 0.25) is 0 Å². The lowest BCUT2D eigenvalue weighted by Crippen LogP contribution is -2.21. The van der Waals surface area contributed by atoms with Crippen LogP contribution in [-0.2, 0) is 9.53 Å². The molecule has 1 amide bonds. The lowest BCUT2D eigenvalue weighted by molar-refractivity contribution is -0.119. The lowest BCUT2D eigenvalue weighted by Gasteiger charge is -2.09. The third kappa shape index (κ3) is 4.55. The van der Waals surface area contributed by atoms with Crippen LogP contribution in [0.1, 0.15) is 15.9 Å². The zero-order valence-electron chi connectivity index (χ0n) is 13.1. The summed E-state index contributed by atoms with van der Waals surface area (Å²) in [6, 6.07) is 9.05. The quantitative estimate of drug-likeness (QED) is 0.783. The number of aryl methyl sites for hydroxylation is 1. The molecule has 24 heavy (non-hydrogen) atoms. The Balaban J connectivity index is 1.93. The van der Waals surface area contributed by atoms with Gasteiger partial charge in [0.1, 0.15) is 0 Å². The maximum atomic E-state index is 13.6. The molecular formula is C17H15BrFNO4. The smallest absolute Gasteiger partial charge is 0.338 e. The first-order chi connectivity index (χ1) is 11.4. The average Bonchev–Trinajstić information content (AvgIpc) is 2.55. The van der Waals surface area contributed by atoms with Gasteiger partial charge in [-0.2, -0.15) is 0 Å². The molecule has 0 aliphatic rings. The fourth-order valence-corrected chi connectivity index (χ4v) is 2.44. The van der Waals surface area contributed by atoms with Crippen molar-refractivity contribution in [2.24, 2.45) is 0 Å². The molecule has 0 bridgehead atoms. The minimum Gasteiger partial charge on any atom is -0.494 e. The topological polar surface area (TPSA) is 64.6 Å². The Labute approximate surface area is 146 Å². The Morgan fingerprint density at radius 3 is 2.58 bits per heavy atom. The van der Waals surface area contributed by atoms with Gasteiger partial charge in [-0.15, -0.1) is 0 Å². The number of anilines is 1. The third-order valence-electron chi connectivity index (χ3n) is 3.18. The summed E-state index contributed by atoms with van der Waals surface area (Å²) in [6.07, 6.45) is 0. The summed E-state index contributed by atoms with van der Waals surface area (Å²) in [5, 5.41) is 2.64. The van der Waals surface area contributed by atoms with E-state index in [4.69, 9.17) is 9.47 Å². The normalized spacial score (nSPS) is 10.2. The molecule has 7 heteroatoms. The zero-order chi connectivity index (χ0) is 17.7. The van der Waals surface area contributed by atoms with E-state index in [0.717, 1.165) is 16.1 Å². The van der Waals surface area contributed by atoms with Crippen LogP contribution in [0.3, 0.4) is 0 Å². The number of amides is 1. The van der Waals surface area contributed by atoms with Crippen LogP contribution in [0.5, 0.6) is 5.75 Å². The second-order valence-electron chi connectivity index (χ2n) is 4.93. The first-order valence-corrected chi connectivity index (χ1v) is 7.76. The van der Waals surface area contributed by atoms with Crippen molar-refractivity contribution in [3.63, 3.8) is 0 Å². The molecule has 5 nitrogen and oxygen atoms in total. The molecule has 126 valence electrons. The second kappa shape index (κ2) is 7.92. The number of esters is 1. The minimum atomic E-state index is -0.792. The van der Waals surface area contributed by atoms with Crippen molar-refractivity contribution in [2.75, 3.05) is 19.0 Å². The molecule has 0 fully saturated rings. The van der Waals surface area contributed by atoms with Crippen LogP contribution in [0.4, 0.5) is 10.1 Å². The van der Waals surface area contributed by atoms with E-state index >= 15 is 0 Å². The molecule has 0 aliphatic carbocycles. The van der Waals surface area contributed by atoms with Gasteiger partial charge in [0, 0.05) is 10.2 Å². The summed E-state index contributed by atoms with van der Waals surface area (Å²) >= 11 is 3.33. The molecule has 2 aromatic rings. The van der Waals surface area contributed by atoms with E-state index in [9.17, 15) is 14.0 Å². The number of hydrogen-bond acceptors (Lipinski definition) is 4. The maximum absolute atomic E-state index is 13.6.